The number of carbonyl (C=O) groups is 1. The molecule has 0 aliphatic carbocycles. The van der Waals surface area contributed by atoms with Crippen molar-refractivity contribution in [2.24, 2.45) is 0 Å². The first-order valence-corrected chi connectivity index (χ1v) is 6.61. The minimum atomic E-state index is -0.778. The van der Waals surface area contributed by atoms with Gasteiger partial charge in [0.15, 0.2) is 0 Å². The summed E-state index contributed by atoms with van der Waals surface area (Å²) in [6, 6.07) is 5.79. The minimum Gasteiger partial charge on any atom is -0.480 e. The Morgan fingerprint density at radius 3 is 2.82 bits per heavy atom. The molecule has 92 valence electrons. The maximum absolute atomic E-state index is 12.8. The van der Waals surface area contributed by atoms with Crippen molar-refractivity contribution in [3.8, 4) is 0 Å². The molecule has 5 heteroatoms. The molecule has 1 fully saturated rings. The third-order valence-electron chi connectivity index (χ3n) is 2.82. The number of carboxylic acid groups (broad SMARTS) is 1. The van der Waals surface area contributed by atoms with Gasteiger partial charge in [-0.2, -0.15) is 11.8 Å². The summed E-state index contributed by atoms with van der Waals surface area (Å²) in [7, 11) is 0. The van der Waals surface area contributed by atoms with E-state index < -0.39 is 12.0 Å². The average molecular weight is 255 g/mol. The van der Waals surface area contributed by atoms with Gasteiger partial charge in [0, 0.05) is 24.6 Å². The normalized spacial score (nSPS) is 21.4. The van der Waals surface area contributed by atoms with Crippen LogP contribution in [0, 0.1) is 5.82 Å². The Hall–Kier alpha value is -1.07. The summed E-state index contributed by atoms with van der Waals surface area (Å²) in [5.41, 5.74) is 0.949. The molecule has 0 bridgehead atoms. The summed E-state index contributed by atoms with van der Waals surface area (Å²) in [5.74, 6) is 0.527. The van der Waals surface area contributed by atoms with E-state index in [9.17, 15) is 9.18 Å². The van der Waals surface area contributed by atoms with Crippen LogP contribution in [0.2, 0.25) is 0 Å². The molecule has 1 aliphatic heterocycles. The van der Waals surface area contributed by atoms with Gasteiger partial charge in [-0.15, -0.1) is 0 Å². The van der Waals surface area contributed by atoms with Crippen LogP contribution in [-0.4, -0.2) is 40.1 Å². The Kier molecular flexibility index (Phi) is 4.02. The first-order chi connectivity index (χ1) is 8.16. The number of rotatable bonds is 3. The molecule has 0 amide bonds. The molecule has 0 aromatic heterocycles. The molecule has 1 N–H and O–H groups in total. The Balaban J connectivity index is 2.05. The summed E-state index contributed by atoms with van der Waals surface area (Å²) in [4.78, 5) is 13.0. The van der Waals surface area contributed by atoms with Gasteiger partial charge in [0.25, 0.3) is 0 Å². The third kappa shape index (κ3) is 3.20. The number of benzene rings is 1. The molecule has 0 spiro atoms. The number of halogens is 1. The van der Waals surface area contributed by atoms with E-state index in [0.717, 1.165) is 17.9 Å². The van der Waals surface area contributed by atoms with Crippen molar-refractivity contribution < 1.29 is 14.3 Å². The highest BCUT2D eigenvalue weighted by Gasteiger charge is 2.28. The highest BCUT2D eigenvalue weighted by atomic mass is 32.2. The smallest absolute Gasteiger partial charge is 0.321 e. The molecule has 1 unspecified atom stereocenters. The standard InChI is InChI=1S/C12H14FNO2S/c13-10-3-1-9(2-4-10)7-14-5-6-17-8-11(14)12(15)16/h1-4,11H,5-8H2,(H,15,16). The lowest BCUT2D eigenvalue weighted by atomic mass is 10.1. The summed E-state index contributed by atoms with van der Waals surface area (Å²) in [6.07, 6.45) is 0. The SMILES string of the molecule is O=C(O)C1CSCCN1Cc1ccc(F)cc1. The first kappa shape index (κ1) is 12.4. The van der Waals surface area contributed by atoms with E-state index >= 15 is 0 Å². The lowest BCUT2D eigenvalue weighted by Gasteiger charge is -2.32. The zero-order valence-electron chi connectivity index (χ0n) is 9.30. The zero-order chi connectivity index (χ0) is 12.3. The number of hydrogen-bond acceptors (Lipinski definition) is 3. The van der Waals surface area contributed by atoms with E-state index in [1.54, 1.807) is 23.9 Å². The predicted molar refractivity (Wildman–Crippen MR) is 65.6 cm³/mol. The van der Waals surface area contributed by atoms with Gasteiger partial charge in [-0.3, -0.25) is 9.69 Å². The molecule has 0 radical (unpaired) electrons. The van der Waals surface area contributed by atoms with Gasteiger partial charge in [-0.25, -0.2) is 4.39 Å². The van der Waals surface area contributed by atoms with Gasteiger partial charge in [-0.1, -0.05) is 12.1 Å². The third-order valence-corrected chi connectivity index (χ3v) is 3.85. The number of aliphatic carboxylic acids is 1. The van der Waals surface area contributed by atoms with Crippen LogP contribution in [0.3, 0.4) is 0 Å². The fourth-order valence-corrected chi connectivity index (χ4v) is 2.99. The molecule has 1 aromatic carbocycles. The second kappa shape index (κ2) is 5.51. The highest BCUT2D eigenvalue weighted by molar-refractivity contribution is 7.99. The molecule has 17 heavy (non-hydrogen) atoms. The van der Waals surface area contributed by atoms with E-state index in [1.807, 2.05) is 4.90 Å². The topological polar surface area (TPSA) is 40.5 Å². The van der Waals surface area contributed by atoms with Gasteiger partial charge >= 0.3 is 5.97 Å². The van der Waals surface area contributed by atoms with Crippen LogP contribution >= 0.6 is 11.8 Å². The van der Waals surface area contributed by atoms with E-state index in [2.05, 4.69) is 0 Å². The van der Waals surface area contributed by atoms with Gasteiger partial charge in [0.2, 0.25) is 0 Å². The van der Waals surface area contributed by atoms with Crippen LogP contribution in [-0.2, 0) is 11.3 Å². The van der Waals surface area contributed by atoms with Crippen LogP contribution in [0.25, 0.3) is 0 Å². The fraction of sp³-hybridized carbons (Fsp3) is 0.417. The maximum Gasteiger partial charge on any atom is 0.321 e. The van der Waals surface area contributed by atoms with Gasteiger partial charge < -0.3 is 5.11 Å². The Morgan fingerprint density at radius 1 is 1.47 bits per heavy atom. The molecule has 0 saturated carbocycles. The highest BCUT2D eigenvalue weighted by Crippen LogP contribution is 2.19. The number of nitrogens with zero attached hydrogens (tertiary/aromatic N) is 1. The van der Waals surface area contributed by atoms with Gasteiger partial charge in [-0.05, 0) is 17.7 Å². The summed E-state index contributed by atoms with van der Waals surface area (Å²) < 4.78 is 12.8. The molecule has 3 nitrogen and oxygen atoms in total. The predicted octanol–water partition coefficient (Wildman–Crippen LogP) is 1.83. The van der Waals surface area contributed by atoms with Crippen LogP contribution in [0.15, 0.2) is 24.3 Å². The van der Waals surface area contributed by atoms with E-state index in [0.29, 0.717) is 12.3 Å². The molecule has 1 saturated heterocycles. The second-order valence-electron chi connectivity index (χ2n) is 4.03. The molecule has 2 rings (SSSR count). The van der Waals surface area contributed by atoms with Crippen molar-refractivity contribution >= 4 is 17.7 Å². The first-order valence-electron chi connectivity index (χ1n) is 5.46. The molecule has 1 aromatic rings. The Morgan fingerprint density at radius 2 is 2.18 bits per heavy atom. The van der Waals surface area contributed by atoms with Crippen molar-refractivity contribution in [1.82, 2.24) is 4.90 Å². The summed E-state index contributed by atoms with van der Waals surface area (Å²) in [6.45, 7) is 1.33. The van der Waals surface area contributed by atoms with Crippen LogP contribution < -0.4 is 0 Å². The fourth-order valence-electron chi connectivity index (χ4n) is 1.88. The molecular formula is C12H14FNO2S. The molecule has 1 atom stereocenters. The van der Waals surface area contributed by atoms with Crippen LogP contribution in [0.5, 0.6) is 0 Å². The summed E-state index contributed by atoms with van der Waals surface area (Å²) in [5, 5.41) is 9.12. The lowest BCUT2D eigenvalue weighted by Crippen LogP contribution is -2.46. The zero-order valence-corrected chi connectivity index (χ0v) is 10.1. The van der Waals surface area contributed by atoms with E-state index in [1.165, 1.54) is 12.1 Å². The molecule has 1 aliphatic rings. The van der Waals surface area contributed by atoms with Crippen molar-refractivity contribution in [1.29, 1.82) is 0 Å². The van der Waals surface area contributed by atoms with Crippen molar-refractivity contribution in [2.45, 2.75) is 12.6 Å². The molecule has 1 heterocycles. The average Bonchev–Trinajstić information content (AvgIpc) is 2.32. The van der Waals surface area contributed by atoms with Crippen molar-refractivity contribution in [2.75, 3.05) is 18.1 Å². The maximum atomic E-state index is 12.8. The molecular weight excluding hydrogens is 241 g/mol. The Labute approximate surface area is 104 Å². The number of thioether (sulfide) groups is 1. The number of carboxylic acids is 1. The quantitative estimate of drug-likeness (QED) is 0.894. The Bertz CT molecular complexity index is 396. The largest absolute Gasteiger partial charge is 0.480 e. The summed E-state index contributed by atoms with van der Waals surface area (Å²) >= 11 is 1.67. The van der Waals surface area contributed by atoms with Crippen molar-refractivity contribution in [3.63, 3.8) is 0 Å². The lowest BCUT2D eigenvalue weighted by molar-refractivity contribution is -0.142. The van der Waals surface area contributed by atoms with Crippen LogP contribution in [0.1, 0.15) is 5.56 Å². The number of hydrogen-bond donors (Lipinski definition) is 1. The van der Waals surface area contributed by atoms with Gasteiger partial charge in [0.1, 0.15) is 11.9 Å². The van der Waals surface area contributed by atoms with Crippen molar-refractivity contribution in [3.05, 3.63) is 35.6 Å². The minimum absolute atomic E-state index is 0.266. The van der Waals surface area contributed by atoms with Gasteiger partial charge in [0.05, 0.1) is 0 Å². The van der Waals surface area contributed by atoms with E-state index in [4.69, 9.17) is 5.11 Å². The van der Waals surface area contributed by atoms with E-state index in [-0.39, 0.29) is 5.82 Å². The van der Waals surface area contributed by atoms with Crippen LogP contribution in [0.4, 0.5) is 4.39 Å². The second-order valence-corrected chi connectivity index (χ2v) is 5.18. The monoisotopic (exact) mass is 255 g/mol.